The second kappa shape index (κ2) is 14.9. The number of nitro groups is 4. The van der Waals surface area contributed by atoms with Gasteiger partial charge in [-0.3, -0.25) is 50.0 Å². The number of rotatable bonds is 11. The van der Waals surface area contributed by atoms with E-state index in [1.54, 1.807) is 54.6 Å². The first-order valence-corrected chi connectivity index (χ1v) is 15.5. The standard InChI is InChI=1S/C36H22N8O10/c45-35(24-14-28(41(47)48)18-29(15-24)42(49)50)37-26-10-6-22(7-11-26)33-20-32(21-4-2-1-3-5-21)39-34(40-33)23-8-12-27(13-9-23)38-36(46)25-16-30(43(51)52)19-31(17-25)44(53)54/h1-20H,(H,37,45)(H,38,46). The van der Waals surface area contributed by atoms with Crippen molar-refractivity contribution in [2.24, 2.45) is 0 Å². The highest BCUT2D eigenvalue weighted by Gasteiger charge is 2.22. The van der Waals surface area contributed by atoms with E-state index in [4.69, 9.17) is 9.97 Å². The van der Waals surface area contributed by atoms with E-state index in [0.29, 0.717) is 34.0 Å². The highest BCUT2D eigenvalue weighted by molar-refractivity contribution is 6.06. The molecule has 18 heteroatoms. The van der Waals surface area contributed by atoms with Crippen LogP contribution in [0.5, 0.6) is 0 Å². The minimum atomic E-state index is -0.830. The Morgan fingerprint density at radius 3 is 1.17 bits per heavy atom. The zero-order valence-electron chi connectivity index (χ0n) is 27.3. The number of nitro benzene ring substituents is 4. The van der Waals surface area contributed by atoms with Crippen molar-refractivity contribution in [3.05, 3.63) is 173 Å². The molecule has 0 radical (unpaired) electrons. The molecular weight excluding hydrogens is 704 g/mol. The van der Waals surface area contributed by atoms with Gasteiger partial charge in [0.15, 0.2) is 5.82 Å². The lowest BCUT2D eigenvalue weighted by Gasteiger charge is -2.11. The van der Waals surface area contributed by atoms with Crippen LogP contribution >= 0.6 is 0 Å². The summed E-state index contributed by atoms with van der Waals surface area (Å²) in [6, 6.07) is 29.1. The van der Waals surface area contributed by atoms with Gasteiger partial charge in [-0.25, -0.2) is 9.97 Å². The summed E-state index contributed by atoms with van der Waals surface area (Å²) >= 11 is 0. The molecule has 6 rings (SSSR count). The maximum Gasteiger partial charge on any atom is 0.277 e. The molecular formula is C36H22N8O10. The SMILES string of the molecule is O=C(Nc1ccc(-c2cc(-c3ccccc3)nc(-c3ccc(NC(=O)c4cc([N+](=O)[O-])cc([N+](=O)[O-])c4)cc3)n2)cc1)c1cc([N+](=O)[O-])cc([N+](=O)[O-])c1. The monoisotopic (exact) mass is 726 g/mol. The molecule has 0 aliphatic heterocycles. The molecule has 266 valence electrons. The van der Waals surface area contributed by atoms with Gasteiger partial charge in [-0.1, -0.05) is 42.5 Å². The van der Waals surface area contributed by atoms with Crippen molar-refractivity contribution in [1.29, 1.82) is 0 Å². The Bertz CT molecular complexity index is 2280. The van der Waals surface area contributed by atoms with E-state index in [1.807, 2.05) is 30.3 Å². The summed E-state index contributed by atoms with van der Waals surface area (Å²) in [5, 5.41) is 50.2. The highest BCUT2D eigenvalue weighted by atomic mass is 16.6. The molecule has 2 amide bonds. The van der Waals surface area contributed by atoms with Gasteiger partial charge in [0.2, 0.25) is 0 Å². The second-order valence-electron chi connectivity index (χ2n) is 11.4. The summed E-state index contributed by atoms with van der Waals surface area (Å²) in [5.74, 6) is -1.29. The number of nitrogens with one attached hydrogen (secondary N) is 2. The Labute approximate surface area is 302 Å². The number of hydrogen-bond donors (Lipinski definition) is 2. The number of aromatic nitrogens is 2. The van der Waals surface area contributed by atoms with Crippen molar-refractivity contribution in [2.75, 3.05) is 10.6 Å². The lowest BCUT2D eigenvalue weighted by molar-refractivity contribution is -0.394. The fourth-order valence-corrected chi connectivity index (χ4v) is 5.19. The Hall–Kier alpha value is -8.28. The average molecular weight is 727 g/mol. The quantitative estimate of drug-likeness (QED) is 0.0965. The van der Waals surface area contributed by atoms with Gasteiger partial charge in [0.25, 0.3) is 34.6 Å². The predicted molar refractivity (Wildman–Crippen MR) is 194 cm³/mol. The summed E-state index contributed by atoms with van der Waals surface area (Å²) < 4.78 is 0. The molecule has 1 aromatic heterocycles. The summed E-state index contributed by atoms with van der Waals surface area (Å²) in [6.45, 7) is 0. The number of amides is 2. The van der Waals surface area contributed by atoms with E-state index in [9.17, 15) is 50.0 Å². The minimum Gasteiger partial charge on any atom is -0.322 e. The number of non-ortho nitro benzene ring substituents is 4. The van der Waals surface area contributed by atoms with Crippen molar-refractivity contribution in [3.63, 3.8) is 0 Å². The molecule has 54 heavy (non-hydrogen) atoms. The third-order valence-electron chi connectivity index (χ3n) is 7.81. The molecule has 6 aromatic rings. The zero-order chi connectivity index (χ0) is 38.5. The molecule has 2 N–H and O–H groups in total. The van der Waals surface area contributed by atoms with Gasteiger partial charge in [-0.05, 0) is 42.5 Å². The topological polar surface area (TPSA) is 257 Å². The van der Waals surface area contributed by atoms with Gasteiger partial charge in [-0.15, -0.1) is 0 Å². The molecule has 0 fully saturated rings. The van der Waals surface area contributed by atoms with Crippen LogP contribution in [-0.4, -0.2) is 41.5 Å². The normalized spacial score (nSPS) is 10.6. The lowest BCUT2D eigenvalue weighted by Crippen LogP contribution is -2.12. The molecule has 0 aliphatic carbocycles. The number of carbonyl (C=O) groups is 2. The molecule has 0 spiro atoms. The van der Waals surface area contributed by atoms with Gasteiger partial charge in [0.1, 0.15) is 0 Å². The van der Waals surface area contributed by atoms with Crippen molar-refractivity contribution in [3.8, 4) is 33.9 Å². The van der Waals surface area contributed by atoms with Crippen molar-refractivity contribution < 1.29 is 29.3 Å². The Balaban J connectivity index is 1.26. The highest BCUT2D eigenvalue weighted by Crippen LogP contribution is 2.30. The van der Waals surface area contributed by atoms with E-state index in [0.717, 1.165) is 42.0 Å². The molecule has 18 nitrogen and oxygen atoms in total. The Morgan fingerprint density at radius 2 is 0.796 bits per heavy atom. The summed E-state index contributed by atoms with van der Waals surface area (Å²) in [4.78, 5) is 77.0. The van der Waals surface area contributed by atoms with Crippen LogP contribution < -0.4 is 10.6 Å². The third kappa shape index (κ3) is 8.02. The van der Waals surface area contributed by atoms with Gasteiger partial charge in [0, 0.05) is 52.3 Å². The van der Waals surface area contributed by atoms with Crippen LogP contribution in [0, 0.1) is 40.5 Å². The molecule has 0 saturated heterocycles. The van der Waals surface area contributed by atoms with Gasteiger partial charge >= 0.3 is 0 Å². The van der Waals surface area contributed by atoms with E-state index < -0.39 is 54.3 Å². The van der Waals surface area contributed by atoms with E-state index >= 15 is 0 Å². The number of benzene rings is 5. The lowest BCUT2D eigenvalue weighted by atomic mass is 10.1. The minimum absolute atomic E-state index is 0.272. The largest absolute Gasteiger partial charge is 0.322 e. The first kappa shape index (κ1) is 35.5. The van der Waals surface area contributed by atoms with Crippen LogP contribution in [0.1, 0.15) is 20.7 Å². The van der Waals surface area contributed by atoms with Crippen LogP contribution in [0.25, 0.3) is 33.9 Å². The van der Waals surface area contributed by atoms with Crippen LogP contribution in [0.2, 0.25) is 0 Å². The summed E-state index contributed by atoms with van der Waals surface area (Å²) in [5.41, 5.74) is 0.637. The fraction of sp³-hybridized carbons (Fsp3) is 0. The maximum absolute atomic E-state index is 12.9. The van der Waals surface area contributed by atoms with E-state index in [1.165, 1.54) is 0 Å². The van der Waals surface area contributed by atoms with Crippen molar-refractivity contribution in [2.45, 2.75) is 0 Å². The summed E-state index contributed by atoms with van der Waals surface area (Å²) in [7, 11) is 0. The average Bonchev–Trinajstić information content (AvgIpc) is 3.18. The molecule has 0 atom stereocenters. The Kier molecular flexibility index (Phi) is 9.81. The molecule has 0 unspecified atom stereocenters. The molecule has 1 heterocycles. The first-order valence-electron chi connectivity index (χ1n) is 15.5. The Morgan fingerprint density at radius 1 is 0.444 bits per heavy atom. The van der Waals surface area contributed by atoms with E-state index in [-0.39, 0.29) is 16.8 Å². The smallest absolute Gasteiger partial charge is 0.277 e. The van der Waals surface area contributed by atoms with Crippen LogP contribution in [0.3, 0.4) is 0 Å². The van der Waals surface area contributed by atoms with Crippen LogP contribution in [-0.2, 0) is 0 Å². The van der Waals surface area contributed by atoms with Gasteiger partial charge in [-0.2, -0.15) is 0 Å². The molecule has 0 saturated carbocycles. The molecule has 0 bridgehead atoms. The third-order valence-corrected chi connectivity index (χ3v) is 7.81. The summed E-state index contributed by atoms with van der Waals surface area (Å²) in [6.07, 6.45) is 0. The molecule has 5 aromatic carbocycles. The van der Waals surface area contributed by atoms with Crippen LogP contribution in [0.4, 0.5) is 34.1 Å². The van der Waals surface area contributed by atoms with Crippen molar-refractivity contribution >= 4 is 45.9 Å². The zero-order valence-corrected chi connectivity index (χ0v) is 27.3. The second-order valence-corrected chi connectivity index (χ2v) is 11.4. The number of nitrogens with zero attached hydrogens (tertiary/aromatic N) is 6. The number of anilines is 2. The van der Waals surface area contributed by atoms with E-state index in [2.05, 4.69) is 10.6 Å². The molecule has 0 aliphatic rings. The number of hydrogen-bond acceptors (Lipinski definition) is 12. The number of carbonyl (C=O) groups excluding carboxylic acids is 2. The maximum atomic E-state index is 12.9. The van der Waals surface area contributed by atoms with Crippen molar-refractivity contribution in [1.82, 2.24) is 9.97 Å². The predicted octanol–water partition coefficient (Wildman–Crippen LogP) is 7.62. The van der Waals surface area contributed by atoms with Gasteiger partial charge in [0.05, 0.1) is 54.3 Å². The van der Waals surface area contributed by atoms with Crippen LogP contribution in [0.15, 0.2) is 121 Å². The first-order chi connectivity index (χ1) is 25.8. The fourth-order valence-electron chi connectivity index (χ4n) is 5.19. The van der Waals surface area contributed by atoms with Gasteiger partial charge < -0.3 is 10.6 Å².